The van der Waals surface area contributed by atoms with Crippen molar-refractivity contribution in [2.75, 3.05) is 19.6 Å². The molecular weight excluding hydrogens is 456 g/mol. The van der Waals surface area contributed by atoms with Crippen LogP contribution < -0.4 is 10.1 Å². The lowest BCUT2D eigenvalue weighted by Crippen LogP contribution is -2.45. The van der Waals surface area contributed by atoms with Crippen LogP contribution >= 0.6 is 0 Å². The first-order chi connectivity index (χ1) is 18.3. The molecule has 0 aromatic heterocycles. The lowest BCUT2D eigenvalue weighted by Gasteiger charge is -2.33. The van der Waals surface area contributed by atoms with Crippen LogP contribution in [-0.4, -0.2) is 36.5 Å². The van der Waals surface area contributed by atoms with E-state index in [9.17, 15) is 4.79 Å². The van der Waals surface area contributed by atoms with E-state index in [1.165, 1.54) is 11.1 Å². The molecule has 0 spiro atoms. The molecule has 0 bridgehead atoms. The third-order valence-corrected chi connectivity index (χ3v) is 7.16. The zero-order valence-electron chi connectivity index (χ0n) is 21.1. The van der Waals surface area contributed by atoms with Gasteiger partial charge in [-0.2, -0.15) is 0 Å². The zero-order valence-corrected chi connectivity index (χ0v) is 21.1. The molecule has 1 amide bonds. The van der Waals surface area contributed by atoms with Gasteiger partial charge in [0, 0.05) is 25.0 Å². The molecule has 1 N–H and O–H groups in total. The molecule has 0 aliphatic carbocycles. The molecule has 0 saturated carbocycles. The first-order valence-electron chi connectivity index (χ1n) is 13.2. The van der Waals surface area contributed by atoms with E-state index >= 15 is 0 Å². The number of carbonyl (C=O) groups is 1. The van der Waals surface area contributed by atoms with E-state index in [1.807, 2.05) is 54.6 Å². The van der Waals surface area contributed by atoms with Crippen molar-refractivity contribution in [2.45, 2.75) is 31.2 Å². The number of likely N-dealkylation sites (tertiary alicyclic amines) is 1. The largest absolute Gasteiger partial charge is 0.457 e. The van der Waals surface area contributed by atoms with Crippen molar-refractivity contribution >= 4 is 5.91 Å². The maximum absolute atomic E-state index is 13.1. The van der Waals surface area contributed by atoms with Gasteiger partial charge in [0.05, 0.1) is 5.56 Å². The Morgan fingerprint density at radius 1 is 0.757 bits per heavy atom. The number of benzene rings is 4. The number of nitrogens with zero attached hydrogens (tertiary/aromatic N) is 1. The number of piperidine rings is 1. The summed E-state index contributed by atoms with van der Waals surface area (Å²) >= 11 is 0. The van der Waals surface area contributed by atoms with Crippen LogP contribution in [-0.2, 0) is 0 Å². The van der Waals surface area contributed by atoms with E-state index in [4.69, 9.17) is 4.74 Å². The SMILES string of the molecule is O=C(NC1CCN(CCC(c2ccccc2)c2ccccc2)CC1)c1ccccc1Oc1ccccc1. The van der Waals surface area contributed by atoms with E-state index in [0.29, 0.717) is 17.2 Å². The molecule has 0 radical (unpaired) electrons. The number of ether oxygens (including phenoxy) is 1. The van der Waals surface area contributed by atoms with Crippen LogP contribution in [0.4, 0.5) is 0 Å². The lowest BCUT2D eigenvalue weighted by molar-refractivity contribution is 0.0908. The molecule has 4 aromatic carbocycles. The number of carbonyl (C=O) groups excluding carboxylic acids is 1. The van der Waals surface area contributed by atoms with Crippen LogP contribution in [0.2, 0.25) is 0 Å². The average Bonchev–Trinajstić information content (AvgIpc) is 2.96. The monoisotopic (exact) mass is 490 g/mol. The van der Waals surface area contributed by atoms with Gasteiger partial charge in [-0.25, -0.2) is 0 Å². The summed E-state index contributed by atoms with van der Waals surface area (Å²) in [6.45, 7) is 3.02. The highest BCUT2D eigenvalue weighted by molar-refractivity contribution is 5.97. The minimum absolute atomic E-state index is 0.0711. The standard InChI is InChI=1S/C33H34N2O2/c36-33(31-18-10-11-19-32(31)37-29-16-8-3-9-17-29)34-28-20-23-35(24-21-28)25-22-30(26-12-4-1-5-13-26)27-14-6-2-7-15-27/h1-19,28,30H,20-25H2,(H,34,36). The molecule has 4 heteroatoms. The third-order valence-electron chi connectivity index (χ3n) is 7.16. The second-order valence-electron chi connectivity index (χ2n) is 9.66. The highest BCUT2D eigenvalue weighted by atomic mass is 16.5. The predicted octanol–water partition coefficient (Wildman–Crippen LogP) is 6.90. The summed E-state index contributed by atoms with van der Waals surface area (Å²) in [5.41, 5.74) is 3.31. The van der Waals surface area contributed by atoms with Gasteiger partial charge in [-0.3, -0.25) is 4.79 Å². The smallest absolute Gasteiger partial charge is 0.255 e. The second-order valence-corrected chi connectivity index (χ2v) is 9.66. The summed E-state index contributed by atoms with van der Waals surface area (Å²) in [4.78, 5) is 15.7. The maximum Gasteiger partial charge on any atom is 0.255 e. The van der Waals surface area contributed by atoms with E-state index < -0.39 is 0 Å². The minimum atomic E-state index is -0.0711. The summed E-state index contributed by atoms with van der Waals surface area (Å²) in [5, 5.41) is 3.25. The van der Waals surface area contributed by atoms with E-state index in [2.05, 4.69) is 70.9 Å². The van der Waals surface area contributed by atoms with Crippen molar-refractivity contribution in [1.29, 1.82) is 0 Å². The molecule has 0 atom stereocenters. The summed E-state index contributed by atoms with van der Waals surface area (Å²) in [5.74, 6) is 1.62. The first-order valence-corrected chi connectivity index (χ1v) is 13.2. The Bertz CT molecular complexity index is 1210. The van der Waals surface area contributed by atoms with Gasteiger partial charge in [0.15, 0.2) is 0 Å². The highest BCUT2D eigenvalue weighted by Gasteiger charge is 2.24. The molecule has 1 aliphatic rings. The number of hydrogen-bond donors (Lipinski definition) is 1. The molecule has 0 unspecified atom stereocenters. The van der Waals surface area contributed by atoms with Crippen LogP contribution in [0.3, 0.4) is 0 Å². The summed E-state index contributed by atoms with van der Waals surface area (Å²) in [7, 11) is 0. The molecule has 1 saturated heterocycles. The van der Waals surface area contributed by atoms with Crippen molar-refractivity contribution in [2.24, 2.45) is 0 Å². The Kier molecular flexibility index (Phi) is 8.29. The normalized spacial score (nSPS) is 14.4. The molecular formula is C33H34N2O2. The van der Waals surface area contributed by atoms with Gasteiger partial charge in [-0.1, -0.05) is 91.0 Å². The Morgan fingerprint density at radius 2 is 1.30 bits per heavy atom. The Labute approximate surface area is 219 Å². The molecule has 4 aromatic rings. The third kappa shape index (κ3) is 6.66. The summed E-state index contributed by atoms with van der Waals surface area (Å²) in [6, 6.07) is 38.8. The van der Waals surface area contributed by atoms with Gasteiger partial charge in [0.1, 0.15) is 11.5 Å². The molecule has 188 valence electrons. The number of para-hydroxylation sites is 2. The number of nitrogens with one attached hydrogen (secondary N) is 1. The molecule has 1 heterocycles. The zero-order chi connectivity index (χ0) is 25.3. The average molecular weight is 491 g/mol. The van der Waals surface area contributed by atoms with Crippen molar-refractivity contribution in [3.63, 3.8) is 0 Å². The highest BCUT2D eigenvalue weighted by Crippen LogP contribution is 2.29. The first kappa shape index (κ1) is 24.8. The Balaban J connectivity index is 1.15. The topological polar surface area (TPSA) is 41.6 Å². The quantitative estimate of drug-likeness (QED) is 0.278. The fraction of sp³-hybridized carbons (Fsp3) is 0.242. The molecule has 5 rings (SSSR count). The van der Waals surface area contributed by atoms with Gasteiger partial charge >= 0.3 is 0 Å². The molecule has 1 fully saturated rings. The van der Waals surface area contributed by atoms with E-state index in [1.54, 1.807) is 0 Å². The van der Waals surface area contributed by atoms with Crippen LogP contribution in [0, 0.1) is 0 Å². The van der Waals surface area contributed by atoms with E-state index in [0.717, 1.165) is 44.6 Å². The van der Waals surface area contributed by atoms with Gasteiger partial charge < -0.3 is 15.0 Å². The number of amides is 1. The summed E-state index contributed by atoms with van der Waals surface area (Å²) in [6.07, 6.45) is 2.98. The lowest BCUT2D eigenvalue weighted by atomic mass is 9.88. The maximum atomic E-state index is 13.1. The number of hydrogen-bond acceptors (Lipinski definition) is 3. The van der Waals surface area contributed by atoms with E-state index in [-0.39, 0.29) is 11.9 Å². The van der Waals surface area contributed by atoms with Gasteiger partial charge in [0.25, 0.3) is 5.91 Å². The van der Waals surface area contributed by atoms with Crippen molar-refractivity contribution in [3.05, 3.63) is 132 Å². The van der Waals surface area contributed by atoms with Crippen molar-refractivity contribution in [1.82, 2.24) is 10.2 Å². The van der Waals surface area contributed by atoms with Crippen LogP contribution in [0.5, 0.6) is 11.5 Å². The summed E-state index contributed by atoms with van der Waals surface area (Å²) < 4.78 is 6.00. The van der Waals surface area contributed by atoms with Crippen molar-refractivity contribution < 1.29 is 9.53 Å². The Hall–Kier alpha value is -3.89. The predicted molar refractivity (Wildman–Crippen MR) is 149 cm³/mol. The molecule has 4 nitrogen and oxygen atoms in total. The fourth-order valence-electron chi connectivity index (χ4n) is 5.13. The fourth-order valence-corrected chi connectivity index (χ4v) is 5.13. The minimum Gasteiger partial charge on any atom is -0.457 e. The second kappa shape index (κ2) is 12.4. The van der Waals surface area contributed by atoms with Gasteiger partial charge in [0.2, 0.25) is 0 Å². The van der Waals surface area contributed by atoms with Gasteiger partial charge in [-0.05, 0) is 61.2 Å². The Morgan fingerprint density at radius 3 is 1.92 bits per heavy atom. The van der Waals surface area contributed by atoms with Crippen LogP contribution in [0.25, 0.3) is 0 Å². The molecule has 37 heavy (non-hydrogen) atoms. The van der Waals surface area contributed by atoms with Crippen LogP contribution in [0.15, 0.2) is 115 Å². The molecule has 1 aliphatic heterocycles. The number of rotatable bonds is 9. The van der Waals surface area contributed by atoms with Gasteiger partial charge in [-0.15, -0.1) is 0 Å². The van der Waals surface area contributed by atoms with Crippen LogP contribution in [0.1, 0.15) is 46.7 Å². The van der Waals surface area contributed by atoms with Crippen molar-refractivity contribution in [3.8, 4) is 11.5 Å².